The van der Waals surface area contributed by atoms with Gasteiger partial charge in [-0.25, -0.2) is 0 Å². The van der Waals surface area contributed by atoms with Gasteiger partial charge >= 0.3 is 0 Å². The molecule has 25 heavy (non-hydrogen) atoms. The van der Waals surface area contributed by atoms with E-state index < -0.39 is 0 Å². The van der Waals surface area contributed by atoms with Crippen molar-refractivity contribution >= 4 is 29.1 Å². The average molecular weight is 366 g/mol. The minimum absolute atomic E-state index is 0.0681. The summed E-state index contributed by atoms with van der Waals surface area (Å²) in [7, 11) is 1.91. The topological polar surface area (TPSA) is 61.4 Å². The summed E-state index contributed by atoms with van der Waals surface area (Å²) in [5.74, 6) is -0.154. The summed E-state index contributed by atoms with van der Waals surface area (Å²) in [6.45, 7) is 7.44. The Morgan fingerprint density at radius 3 is 2.68 bits per heavy atom. The number of piperidine rings is 1. The van der Waals surface area contributed by atoms with Gasteiger partial charge < -0.3 is 15.5 Å². The van der Waals surface area contributed by atoms with E-state index in [-0.39, 0.29) is 17.2 Å². The first-order valence-electron chi connectivity index (χ1n) is 8.75. The number of halogens is 1. The molecule has 5 nitrogen and oxygen atoms in total. The normalized spacial score (nSPS) is 18.1. The smallest absolute Gasteiger partial charge is 0.255 e. The molecule has 2 N–H and O–H groups in total. The highest BCUT2D eigenvalue weighted by molar-refractivity contribution is 6.34. The first-order valence-corrected chi connectivity index (χ1v) is 9.13. The number of nitrogens with zero attached hydrogens (tertiary/aromatic N) is 1. The summed E-state index contributed by atoms with van der Waals surface area (Å²) in [6, 6.07) is 5.38. The molecule has 1 aliphatic heterocycles. The number of likely N-dealkylation sites (tertiary alicyclic amines) is 1. The maximum Gasteiger partial charge on any atom is 0.255 e. The molecule has 2 amide bonds. The van der Waals surface area contributed by atoms with Crippen molar-refractivity contribution in [3.63, 3.8) is 0 Å². The Labute approximate surface area is 155 Å². The summed E-state index contributed by atoms with van der Waals surface area (Å²) < 4.78 is 0. The molecule has 1 aromatic carbocycles. The molecule has 0 aliphatic carbocycles. The second-order valence-electron chi connectivity index (χ2n) is 7.86. The molecule has 0 saturated carbocycles. The Balaban J connectivity index is 2.12. The zero-order valence-corrected chi connectivity index (χ0v) is 16.2. The van der Waals surface area contributed by atoms with Crippen molar-refractivity contribution in [2.75, 3.05) is 25.5 Å². The van der Waals surface area contributed by atoms with Crippen molar-refractivity contribution in [2.45, 2.75) is 46.1 Å². The lowest BCUT2D eigenvalue weighted by atomic mass is 9.92. The van der Waals surface area contributed by atoms with Crippen molar-refractivity contribution in [1.29, 1.82) is 0 Å². The third kappa shape index (κ3) is 5.72. The van der Waals surface area contributed by atoms with Gasteiger partial charge in [-0.3, -0.25) is 9.59 Å². The van der Waals surface area contributed by atoms with E-state index in [9.17, 15) is 9.59 Å². The fourth-order valence-corrected chi connectivity index (χ4v) is 3.22. The van der Waals surface area contributed by atoms with Crippen molar-refractivity contribution in [3.05, 3.63) is 28.8 Å². The number of rotatable bonds is 4. The molecule has 1 atom stereocenters. The van der Waals surface area contributed by atoms with Crippen molar-refractivity contribution < 1.29 is 9.59 Å². The summed E-state index contributed by atoms with van der Waals surface area (Å²) in [6.07, 6.45) is 2.45. The fraction of sp³-hybridized carbons (Fsp3) is 0.579. The minimum Gasteiger partial charge on any atom is -0.337 e. The van der Waals surface area contributed by atoms with Crippen molar-refractivity contribution in [2.24, 2.45) is 5.41 Å². The first-order chi connectivity index (χ1) is 11.7. The molecule has 2 rings (SSSR count). The highest BCUT2D eigenvalue weighted by Gasteiger charge is 2.25. The van der Waals surface area contributed by atoms with E-state index in [1.807, 2.05) is 32.7 Å². The fourth-order valence-electron chi connectivity index (χ4n) is 3.02. The number of benzene rings is 1. The Morgan fingerprint density at radius 1 is 1.32 bits per heavy atom. The number of hydrogen-bond acceptors (Lipinski definition) is 3. The van der Waals surface area contributed by atoms with Crippen molar-refractivity contribution in [1.82, 2.24) is 10.2 Å². The molecule has 1 saturated heterocycles. The predicted octanol–water partition coefficient (Wildman–Crippen LogP) is 3.54. The van der Waals surface area contributed by atoms with Gasteiger partial charge in [-0.1, -0.05) is 32.4 Å². The monoisotopic (exact) mass is 365 g/mol. The standard InChI is InChI=1S/C19H28ClN3O2/c1-19(2,3)11-17(24)22-13-7-8-16(20)15(10-13)18(25)23-9-5-6-14(12-23)21-4/h7-8,10,14,21H,5-6,9,11-12H2,1-4H3,(H,22,24). The zero-order chi connectivity index (χ0) is 18.6. The number of amides is 2. The van der Waals surface area contributed by atoms with Crippen LogP contribution < -0.4 is 10.6 Å². The maximum atomic E-state index is 12.8. The van der Waals surface area contributed by atoms with Crippen LogP contribution >= 0.6 is 11.6 Å². The van der Waals surface area contributed by atoms with Crippen LogP contribution in [0.1, 0.15) is 50.4 Å². The molecular formula is C19H28ClN3O2. The second-order valence-corrected chi connectivity index (χ2v) is 8.27. The molecule has 1 aliphatic rings. The molecular weight excluding hydrogens is 338 g/mol. The Bertz CT molecular complexity index is 640. The molecule has 6 heteroatoms. The molecule has 1 unspecified atom stereocenters. The quantitative estimate of drug-likeness (QED) is 0.857. The molecule has 0 bridgehead atoms. The highest BCUT2D eigenvalue weighted by Crippen LogP contribution is 2.25. The molecule has 0 aromatic heterocycles. The van der Waals surface area contributed by atoms with E-state index >= 15 is 0 Å². The highest BCUT2D eigenvalue weighted by atomic mass is 35.5. The van der Waals surface area contributed by atoms with Gasteiger partial charge in [-0.2, -0.15) is 0 Å². The van der Waals surface area contributed by atoms with Gasteiger partial charge in [-0.15, -0.1) is 0 Å². The van der Waals surface area contributed by atoms with E-state index in [0.717, 1.165) is 19.4 Å². The number of carbonyl (C=O) groups excluding carboxylic acids is 2. The summed E-state index contributed by atoms with van der Waals surface area (Å²) in [5, 5.41) is 6.50. The second kappa shape index (κ2) is 8.19. The lowest BCUT2D eigenvalue weighted by Gasteiger charge is -2.32. The van der Waals surface area contributed by atoms with E-state index in [2.05, 4.69) is 10.6 Å². The SMILES string of the molecule is CNC1CCCN(C(=O)c2cc(NC(=O)CC(C)(C)C)ccc2Cl)C1. The van der Waals surface area contributed by atoms with Crippen LogP contribution in [0.4, 0.5) is 5.69 Å². The third-order valence-corrected chi connectivity index (χ3v) is 4.62. The van der Waals surface area contributed by atoms with Crippen LogP contribution in [-0.4, -0.2) is 42.9 Å². The number of carbonyl (C=O) groups is 2. The van der Waals surface area contributed by atoms with Gasteiger partial charge in [0.1, 0.15) is 0 Å². The zero-order valence-electron chi connectivity index (χ0n) is 15.5. The molecule has 138 valence electrons. The van der Waals surface area contributed by atoms with E-state index in [1.165, 1.54) is 0 Å². The Morgan fingerprint density at radius 2 is 2.04 bits per heavy atom. The van der Waals surface area contributed by atoms with E-state index in [4.69, 9.17) is 11.6 Å². The number of likely N-dealkylation sites (N-methyl/N-ethyl adjacent to an activating group) is 1. The van der Waals surface area contributed by atoms with E-state index in [1.54, 1.807) is 18.2 Å². The van der Waals surface area contributed by atoms with Gasteiger partial charge in [0.2, 0.25) is 5.91 Å². The average Bonchev–Trinajstić information content (AvgIpc) is 2.54. The van der Waals surface area contributed by atoms with Crippen LogP contribution in [0, 0.1) is 5.41 Å². The maximum absolute atomic E-state index is 12.8. The minimum atomic E-state index is -0.0921. The predicted molar refractivity (Wildman–Crippen MR) is 102 cm³/mol. The first kappa shape index (κ1) is 19.7. The molecule has 0 spiro atoms. The van der Waals surface area contributed by atoms with Crippen molar-refractivity contribution in [3.8, 4) is 0 Å². The number of nitrogens with one attached hydrogen (secondary N) is 2. The Hall–Kier alpha value is -1.59. The Kier molecular flexibility index (Phi) is 6.47. The number of hydrogen-bond donors (Lipinski definition) is 2. The largest absolute Gasteiger partial charge is 0.337 e. The van der Waals surface area contributed by atoms with Gasteiger partial charge in [0.25, 0.3) is 5.91 Å². The van der Waals surface area contributed by atoms with E-state index in [0.29, 0.717) is 35.3 Å². The van der Waals surface area contributed by atoms with Gasteiger partial charge in [-0.05, 0) is 43.5 Å². The van der Waals surface area contributed by atoms with Crippen LogP contribution in [0.25, 0.3) is 0 Å². The lowest BCUT2D eigenvalue weighted by Crippen LogP contribution is -2.47. The summed E-state index contributed by atoms with van der Waals surface area (Å²) >= 11 is 6.25. The van der Waals surface area contributed by atoms with Crippen LogP contribution in [0.2, 0.25) is 5.02 Å². The van der Waals surface area contributed by atoms with Crippen LogP contribution in [0.3, 0.4) is 0 Å². The van der Waals surface area contributed by atoms with Crippen LogP contribution in [-0.2, 0) is 4.79 Å². The third-order valence-electron chi connectivity index (χ3n) is 4.29. The van der Waals surface area contributed by atoms with Crippen LogP contribution in [0.5, 0.6) is 0 Å². The lowest BCUT2D eigenvalue weighted by molar-refractivity contribution is -0.117. The molecule has 1 aromatic rings. The molecule has 1 heterocycles. The summed E-state index contributed by atoms with van der Waals surface area (Å²) in [4.78, 5) is 26.8. The van der Waals surface area contributed by atoms with Crippen LogP contribution in [0.15, 0.2) is 18.2 Å². The van der Waals surface area contributed by atoms with Gasteiger partial charge in [0.05, 0.1) is 10.6 Å². The summed E-state index contributed by atoms with van der Waals surface area (Å²) in [5.41, 5.74) is 0.946. The molecule has 0 radical (unpaired) electrons. The molecule has 1 fully saturated rings. The van der Waals surface area contributed by atoms with Gasteiger partial charge in [0, 0.05) is 31.2 Å². The number of anilines is 1. The van der Waals surface area contributed by atoms with Gasteiger partial charge in [0.15, 0.2) is 0 Å².